The molecule has 10 heteroatoms. The van der Waals surface area contributed by atoms with Gasteiger partial charge in [0.05, 0.1) is 17.3 Å². The molecule has 5 rings (SSSR count). The normalized spacial score (nSPS) is 18.6. The molecule has 3 heterocycles. The van der Waals surface area contributed by atoms with Crippen molar-refractivity contribution in [3.63, 3.8) is 0 Å². The number of hydrogen-bond donors (Lipinski definition) is 3. The number of halogens is 2. The van der Waals surface area contributed by atoms with Gasteiger partial charge in [0.2, 0.25) is 17.8 Å². The maximum atomic E-state index is 14.7. The first-order chi connectivity index (χ1) is 18.4. The minimum Gasteiger partial charge on any atom is -0.319 e. The molecule has 2 aromatic heterocycles. The van der Waals surface area contributed by atoms with Crippen molar-refractivity contribution >= 4 is 23.3 Å². The lowest BCUT2D eigenvalue weighted by Gasteiger charge is -2.13. The number of carbonyl (C=O) groups excluding carboxylic acids is 2. The number of rotatable bonds is 9. The molecule has 2 fully saturated rings. The van der Waals surface area contributed by atoms with Crippen LogP contribution in [0.3, 0.4) is 0 Å². The fraction of sp³-hybridized carbons (Fsp3) is 0.357. The number of aromatic nitrogens is 3. The molecule has 2 atom stereocenters. The van der Waals surface area contributed by atoms with E-state index in [4.69, 9.17) is 0 Å². The fourth-order valence-electron chi connectivity index (χ4n) is 4.48. The molecule has 1 aliphatic carbocycles. The molecule has 1 aromatic carbocycles. The number of likely N-dealkylation sites (tertiary alicyclic amines) is 1. The van der Waals surface area contributed by atoms with Crippen LogP contribution >= 0.6 is 0 Å². The van der Waals surface area contributed by atoms with Crippen molar-refractivity contribution < 1.29 is 18.4 Å². The van der Waals surface area contributed by atoms with Crippen molar-refractivity contribution in [2.24, 2.45) is 0 Å². The Labute approximate surface area is 219 Å². The van der Waals surface area contributed by atoms with Gasteiger partial charge in [0.15, 0.2) is 5.82 Å². The van der Waals surface area contributed by atoms with Crippen LogP contribution in [0.15, 0.2) is 54.6 Å². The zero-order valence-corrected chi connectivity index (χ0v) is 21.1. The van der Waals surface area contributed by atoms with E-state index in [2.05, 4.69) is 25.8 Å². The third-order valence-corrected chi connectivity index (χ3v) is 6.90. The van der Waals surface area contributed by atoms with Crippen LogP contribution in [-0.2, 0) is 9.59 Å². The summed E-state index contributed by atoms with van der Waals surface area (Å²) in [6.07, 6.45) is 4.90. The van der Waals surface area contributed by atoms with E-state index in [0.717, 1.165) is 24.1 Å². The summed E-state index contributed by atoms with van der Waals surface area (Å²) in [4.78, 5) is 30.9. The first-order valence-corrected chi connectivity index (χ1v) is 12.8. The van der Waals surface area contributed by atoms with E-state index in [-0.39, 0.29) is 11.6 Å². The largest absolute Gasteiger partial charge is 0.319 e. The Balaban J connectivity index is 1.20. The predicted octanol–water partition coefficient (Wildman–Crippen LogP) is 4.77. The van der Waals surface area contributed by atoms with Crippen molar-refractivity contribution in [3.05, 3.63) is 71.8 Å². The van der Waals surface area contributed by atoms with Gasteiger partial charge >= 0.3 is 0 Å². The van der Waals surface area contributed by atoms with Gasteiger partial charge in [0, 0.05) is 49.0 Å². The molecular weight excluding hydrogens is 490 g/mol. The minimum atomic E-state index is -0.820. The lowest BCUT2D eigenvalue weighted by atomic mass is 9.97. The van der Waals surface area contributed by atoms with Crippen LogP contribution in [0.4, 0.5) is 20.3 Å². The topological polar surface area (TPSA) is 103 Å². The number of aromatic amines is 1. The molecular formula is C28H30F2N6O2. The number of nitrogens with zero attached hydrogens (tertiary/aromatic N) is 3. The van der Waals surface area contributed by atoms with Crippen molar-refractivity contribution in [2.45, 2.75) is 44.2 Å². The molecule has 3 N–H and O–H groups in total. The van der Waals surface area contributed by atoms with Crippen LogP contribution in [0.1, 0.15) is 49.3 Å². The smallest absolute Gasteiger partial charge is 0.248 e. The zero-order valence-electron chi connectivity index (χ0n) is 21.1. The van der Waals surface area contributed by atoms with Crippen molar-refractivity contribution in [3.8, 4) is 11.3 Å². The molecule has 2 amide bonds. The van der Waals surface area contributed by atoms with Gasteiger partial charge in [-0.3, -0.25) is 19.6 Å². The SMILES string of the molecule is CC(C(=O)Nc1cc(C2CC2)[nH]n1)c1cccc(-c2ccc(NC(=O)C=CCN3CCC(F)C3)c(F)n2)c1. The van der Waals surface area contributed by atoms with Gasteiger partial charge in [-0.15, -0.1) is 0 Å². The summed E-state index contributed by atoms with van der Waals surface area (Å²) in [5.41, 5.74) is 2.77. The van der Waals surface area contributed by atoms with E-state index in [1.165, 1.54) is 12.1 Å². The molecule has 1 aliphatic heterocycles. The van der Waals surface area contributed by atoms with Gasteiger partial charge in [-0.2, -0.15) is 9.49 Å². The quantitative estimate of drug-likeness (QED) is 0.279. The molecule has 2 unspecified atom stereocenters. The number of alkyl halides is 1. The molecule has 3 aromatic rings. The maximum Gasteiger partial charge on any atom is 0.248 e. The number of hydrogen-bond acceptors (Lipinski definition) is 5. The number of nitrogens with one attached hydrogen (secondary N) is 3. The van der Waals surface area contributed by atoms with E-state index in [9.17, 15) is 18.4 Å². The molecule has 0 spiro atoms. The molecule has 8 nitrogen and oxygen atoms in total. The van der Waals surface area contributed by atoms with Gasteiger partial charge in [-0.1, -0.05) is 24.3 Å². The Morgan fingerprint density at radius 2 is 2.03 bits per heavy atom. The standard InChI is InChI=1S/C28H30F2N6O2/c1-17(28(38)33-25-15-24(34-35-25)18-7-8-18)19-4-2-5-20(14-19)22-9-10-23(27(30)32-22)31-26(37)6-3-12-36-13-11-21(29)16-36/h2-6,9-10,14-15,17-18,21H,7-8,11-13,16H2,1H3,(H,31,37)(H2,33,34,35,38). The van der Waals surface area contributed by atoms with Gasteiger partial charge < -0.3 is 10.6 Å². The Morgan fingerprint density at radius 1 is 1.18 bits per heavy atom. The summed E-state index contributed by atoms with van der Waals surface area (Å²) in [5.74, 6) is -0.959. The number of benzene rings is 1. The molecule has 198 valence electrons. The van der Waals surface area contributed by atoms with Crippen LogP contribution in [0.25, 0.3) is 11.3 Å². The highest BCUT2D eigenvalue weighted by atomic mass is 19.1. The summed E-state index contributed by atoms with van der Waals surface area (Å²) >= 11 is 0. The summed E-state index contributed by atoms with van der Waals surface area (Å²) in [6.45, 7) is 3.28. The van der Waals surface area contributed by atoms with Crippen LogP contribution in [-0.4, -0.2) is 57.7 Å². The lowest BCUT2D eigenvalue weighted by molar-refractivity contribution is -0.117. The van der Waals surface area contributed by atoms with Gasteiger partial charge in [-0.05, 0) is 49.9 Å². The van der Waals surface area contributed by atoms with E-state index < -0.39 is 23.9 Å². The molecule has 1 saturated carbocycles. The second-order valence-electron chi connectivity index (χ2n) is 9.89. The summed E-state index contributed by atoms with van der Waals surface area (Å²) in [6, 6.07) is 12.1. The van der Waals surface area contributed by atoms with E-state index in [0.29, 0.717) is 49.0 Å². The van der Waals surface area contributed by atoms with Crippen LogP contribution in [0.2, 0.25) is 0 Å². The van der Waals surface area contributed by atoms with Gasteiger partial charge in [0.25, 0.3) is 0 Å². The monoisotopic (exact) mass is 520 g/mol. The maximum absolute atomic E-state index is 14.7. The third-order valence-electron chi connectivity index (χ3n) is 6.90. The van der Waals surface area contributed by atoms with Gasteiger partial charge in [-0.25, -0.2) is 9.37 Å². The first-order valence-electron chi connectivity index (χ1n) is 12.8. The number of amides is 2. The average molecular weight is 521 g/mol. The fourth-order valence-corrected chi connectivity index (χ4v) is 4.48. The second-order valence-corrected chi connectivity index (χ2v) is 9.89. The molecule has 0 radical (unpaired) electrons. The number of H-pyrrole nitrogens is 1. The van der Waals surface area contributed by atoms with E-state index in [1.807, 2.05) is 17.0 Å². The van der Waals surface area contributed by atoms with Crippen LogP contribution in [0.5, 0.6) is 0 Å². The summed E-state index contributed by atoms with van der Waals surface area (Å²) < 4.78 is 28.0. The Hall–Kier alpha value is -3.92. The highest BCUT2D eigenvalue weighted by Crippen LogP contribution is 2.39. The predicted molar refractivity (Wildman–Crippen MR) is 141 cm³/mol. The molecule has 1 saturated heterocycles. The van der Waals surface area contributed by atoms with Crippen LogP contribution < -0.4 is 10.6 Å². The minimum absolute atomic E-state index is 0.0399. The number of pyridine rings is 1. The Kier molecular flexibility index (Phi) is 7.59. The molecule has 0 bridgehead atoms. The van der Waals surface area contributed by atoms with Crippen molar-refractivity contribution in [1.82, 2.24) is 20.1 Å². The molecule has 2 aliphatic rings. The van der Waals surface area contributed by atoms with Crippen molar-refractivity contribution in [2.75, 3.05) is 30.3 Å². The number of carbonyl (C=O) groups is 2. The van der Waals surface area contributed by atoms with Crippen LogP contribution in [0, 0.1) is 5.95 Å². The average Bonchev–Trinajstić information content (AvgIpc) is 3.52. The first kappa shape index (κ1) is 25.7. The highest BCUT2D eigenvalue weighted by molar-refractivity contribution is 5.99. The third kappa shape index (κ3) is 6.31. The van der Waals surface area contributed by atoms with E-state index in [1.54, 1.807) is 37.3 Å². The Morgan fingerprint density at radius 3 is 2.76 bits per heavy atom. The lowest BCUT2D eigenvalue weighted by Crippen LogP contribution is -2.21. The van der Waals surface area contributed by atoms with E-state index >= 15 is 0 Å². The van der Waals surface area contributed by atoms with Crippen molar-refractivity contribution in [1.29, 1.82) is 0 Å². The second kappa shape index (κ2) is 11.2. The molecule has 38 heavy (non-hydrogen) atoms. The zero-order chi connectivity index (χ0) is 26.6. The summed E-state index contributed by atoms with van der Waals surface area (Å²) in [5, 5.41) is 12.5. The Bertz CT molecular complexity index is 1350. The number of anilines is 2. The van der Waals surface area contributed by atoms with Gasteiger partial charge in [0.1, 0.15) is 6.17 Å². The summed E-state index contributed by atoms with van der Waals surface area (Å²) in [7, 11) is 0. The highest BCUT2D eigenvalue weighted by Gasteiger charge is 2.26.